The van der Waals surface area contributed by atoms with Crippen molar-refractivity contribution >= 4 is 17.5 Å². The summed E-state index contributed by atoms with van der Waals surface area (Å²) in [4.78, 5) is 31.3. The van der Waals surface area contributed by atoms with Gasteiger partial charge in [-0.1, -0.05) is 18.2 Å². The number of Topliss-reactive ketones (excluding diaryl/α,β-unsaturated/α-hetero) is 1. The lowest BCUT2D eigenvalue weighted by atomic mass is 9.69. The second kappa shape index (κ2) is 9.71. The molecule has 34 heavy (non-hydrogen) atoms. The summed E-state index contributed by atoms with van der Waals surface area (Å²) in [7, 11) is 3.16. The van der Waals surface area contributed by atoms with Crippen LogP contribution in [0.4, 0.5) is 0 Å². The molecule has 0 saturated heterocycles. The van der Waals surface area contributed by atoms with Crippen LogP contribution in [0.2, 0.25) is 0 Å². The minimum Gasteiger partial charge on any atom is -0.508 e. The first-order valence-corrected chi connectivity index (χ1v) is 11.4. The number of hydrogen-bond donors (Lipinski definition) is 1. The molecule has 2 aromatic carbocycles. The summed E-state index contributed by atoms with van der Waals surface area (Å²) in [6, 6.07) is 12.4. The van der Waals surface area contributed by atoms with Gasteiger partial charge in [0.05, 0.1) is 20.8 Å². The number of aliphatic imine (C=N–C) groups is 1. The minimum atomic E-state index is -0.720. The second-order valence-corrected chi connectivity index (χ2v) is 8.56. The van der Waals surface area contributed by atoms with E-state index in [1.807, 2.05) is 24.3 Å². The SMILES string of the molecule is CCOC(=O)C1C(C)=NC2=C(C(=O)C[C@@H](c3ccc(OC)c(OC)c3)C2)[C@@H]1c1cccc(O)c1. The number of rotatable bonds is 6. The minimum absolute atomic E-state index is 0.0556. The third-order valence-electron chi connectivity index (χ3n) is 6.54. The lowest BCUT2D eigenvalue weighted by Crippen LogP contribution is -2.38. The maximum absolute atomic E-state index is 13.6. The zero-order valence-corrected chi connectivity index (χ0v) is 19.8. The van der Waals surface area contributed by atoms with Crippen LogP contribution in [0.1, 0.15) is 49.7 Å². The molecular formula is C27H29NO6. The highest BCUT2D eigenvalue weighted by Gasteiger charge is 2.44. The fraction of sp³-hybridized carbons (Fsp3) is 0.370. The van der Waals surface area contributed by atoms with E-state index >= 15 is 0 Å². The van der Waals surface area contributed by atoms with Crippen LogP contribution in [0.25, 0.3) is 0 Å². The fourth-order valence-electron chi connectivity index (χ4n) is 5.02. The van der Waals surface area contributed by atoms with E-state index in [0.717, 1.165) is 5.56 Å². The molecule has 2 aliphatic rings. The van der Waals surface area contributed by atoms with E-state index in [2.05, 4.69) is 0 Å². The molecule has 7 heteroatoms. The Bertz CT molecular complexity index is 1180. The van der Waals surface area contributed by atoms with Gasteiger partial charge in [-0.05, 0) is 61.6 Å². The number of phenols is 1. The lowest BCUT2D eigenvalue weighted by Gasteiger charge is -2.36. The van der Waals surface area contributed by atoms with Gasteiger partial charge in [-0.15, -0.1) is 0 Å². The van der Waals surface area contributed by atoms with Crippen LogP contribution >= 0.6 is 0 Å². The van der Waals surface area contributed by atoms with Crippen LogP contribution in [0, 0.1) is 5.92 Å². The van der Waals surface area contributed by atoms with E-state index in [4.69, 9.17) is 19.2 Å². The predicted octanol–water partition coefficient (Wildman–Crippen LogP) is 4.55. The van der Waals surface area contributed by atoms with Gasteiger partial charge in [0.25, 0.3) is 0 Å². The van der Waals surface area contributed by atoms with Gasteiger partial charge in [0, 0.05) is 29.3 Å². The van der Waals surface area contributed by atoms with E-state index in [1.54, 1.807) is 46.3 Å². The number of phenolic OH excluding ortho intramolecular Hbond substituents is 1. The molecule has 0 fully saturated rings. The molecule has 0 saturated carbocycles. The van der Waals surface area contributed by atoms with E-state index < -0.39 is 17.8 Å². The van der Waals surface area contributed by atoms with Crippen LogP contribution in [0.15, 0.2) is 58.7 Å². The molecule has 0 amide bonds. The third kappa shape index (κ3) is 4.30. The van der Waals surface area contributed by atoms with Crippen LogP contribution in [0.5, 0.6) is 17.2 Å². The van der Waals surface area contributed by atoms with Gasteiger partial charge in [-0.2, -0.15) is 0 Å². The summed E-state index contributed by atoms with van der Waals surface area (Å²) in [6.45, 7) is 3.78. The molecule has 178 valence electrons. The fourth-order valence-corrected chi connectivity index (χ4v) is 5.02. The number of carbonyl (C=O) groups is 2. The van der Waals surface area contributed by atoms with Gasteiger partial charge in [0.1, 0.15) is 11.7 Å². The summed E-state index contributed by atoms with van der Waals surface area (Å²) < 4.78 is 16.1. The smallest absolute Gasteiger partial charge is 0.315 e. The lowest BCUT2D eigenvalue weighted by molar-refractivity contribution is -0.146. The molecule has 4 rings (SSSR count). The van der Waals surface area contributed by atoms with Crippen molar-refractivity contribution in [1.29, 1.82) is 0 Å². The topological polar surface area (TPSA) is 94.4 Å². The second-order valence-electron chi connectivity index (χ2n) is 8.56. The molecule has 1 N–H and O–H groups in total. The van der Waals surface area contributed by atoms with Crippen molar-refractivity contribution in [3.05, 3.63) is 64.9 Å². The monoisotopic (exact) mass is 463 g/mol. The highest BCUT2D eigenvalue weighted by molar-refractivity contribution is 6.09. The van der Waals surface area contributed by atoms with Crippen molar-refractivity contribution in [3.8, 4) is 17.2 Å². The normalized spacial score (nSPS) is 22.1. The van der Waals surface area contributed by atoms with Crippen LogP contribution in [0.3, 0.4) is 0 Å². The number of ether oxygens (including phenoxy) is 3. The Morgan fingerprint density at radius 2 is 1.82 bits per heavy atom. The molecular weight excluding hydrogens is 434 g/mol. The maximum atomic E-state index is 13.6. The molecule has 1 heterocycles. The van der Waals surface area contributed by atoms with Crippen LogP contribution in [-0.4, -0.2) is 43.4 Å². The van der Waals surface area contributed by atoms with E-state index in [1.165, 1.54) is 0 Å². The van der Waals surface area contributed by atoms with Crippen molar-refractivity contribution in [2.75, 3.05) is 20.8 Å². The Morgan fingerprint density at radius 3 is 2.50 bits per heavy atom. The Balaban J connectivity index is 1.78. The average Bonchev–Trinajstić information content (AvgIpc) is 2.82. The number of hydrogen-bond acceptors (Lipinski definition) is 7. The number of carbonyl (C=O) groups excluding carboxylic acids is 2. The molecule has 0 radical (unpaired) electrons. The van der Waals surface area contributed by atoms with Gasteiger partial charge in [-0.25, -0.2) is 0 Å². The molecule has 1 unspecified atom stereocenters. The average molecular weight is 464 g/mol. The number of esters is 1. The molecule has 0 aromatic heterocycles. The van der Waals surface area contributed by atoms with Crippen molar-refractivity contribution in [2.24, 2.45) is 10.9 Å². The number of ketones is 1. The first-order valence-electron chi connectivity index (χ1n) is 11.4. The van der Waals surface area contributed by atoms with E-state index in [9.17, 15) is 14.7 Å². The molecule has 1 aliphatic carbocycles. The zero-order chi connectivity index (χ0) is 24.4. The van der Waals surface area contributed by atoms with Gasteiger partial charge >= 0.3 is 5.97 Å². The Hall–Kier alpha value is -3.61. The largest absolute Gasteiger partial charge is 0.508 e. The van der Waals surface area contributed by atoms with Gasteiger partial charge < -0.3 is 19.3 Å². The quantitative estimate of drug-likeness (QED) is 0.632. The van der Waals surface area contributed by atoms with Crippen molar-refractivity contribution in [3.63, 3.8) is 0 Å². The molecule has 1 aliphatic heterocycles. The Morgan fingerprint density at radius 1 is 1.06 bits per heavy atom. The number of methoxy groups -OCH3 is 2. The maximum Gasteiger partial charge on any atom is 0.315 e. The van der Waals surface area contributed by atoms with Crippen molar-refractivity contribution < 1.29 is 28.9 Å². The van der Waals surface area contributed by atoms with Crippen LogP contribution in [-0.2, 0) is 14.3 Å². The first kappa shape index (κ1) is 23.5. The molecule has 2 aromatic rings. The van der Waals surface area contributed by atoms with E-state index in [0.29, 0.717) is 40.5 Å². The molecule has 7 nitrogen and oxygen atoms in total. The molecule has 0 spiro atoms. The van der Waals surface area contributed by atoms with Crippen molar-refractivity contribution in [1.82, 2.24) is 0 Å². The molecule has 3 atom stereocenters. The van der Waals surface area contributed by atoms with Gasteiger partial charge in [0.15, 0.2) is 17.3 Å². The highest BCUT2D eigenvalue weighted by atomic mass is 16.5. The Kier molecular flexibility index (Phi) is 6.72. The van der Waals surface area contributed by atoms with Gasteiger partial charge in [0.2, 0.25) is 0 Å². The van der Waals surface area contributed by atoms with E-state index in [-0.39, 0.29) is 30.5 Å². The summed E-state index contributed by atoms with van der Waals surface area (Å²) in [6.07, 6.45) is 0.840. The number of benzene rings is 2. The van der Waals surface area contributed by atoms with Crippen LogP contribution < -0.4 is 9.47 Å². The predicted molar refractivity (Wildman–Crippen MR) is 128 cm³/mol. The molecule has 0 bridgehead atoms. The summed E-state index contributed by atoms with van der Waals surface area (Å²) in [5.74, 6) is -0.518. The summed E-state index contributed by atoms with van der Waals surface area (Å²) >= 11 is 0. The summed E-state index contributed by atoms with van der Waals surface area (Å²) in [5, 5.41) is 10.1. The number of allylic oxidation sites excluding steroid dienone is 2. The number of aromatic hydroxyl groups is 1. The third-order valence-corrected chi connectivity index (χ3v) is 6.54. The Labute approximate surface area is 199 Å². The zero-order valence-electron chi connectivity index (χ0n) is 19.8. The first-order chi connectivity index (χ1) is 16.4. The summed E-state index contributed by atoms with van der Waals surface area (Å²) in [5.41, 5.74) is 3.48. The van der Waals surface area contributed by atoms with Gasteiger partial charge in [-0.3, -0.25) is 14.6 Å². The van der Waals surface area contributed by atoms with Crippen molar-refractivity contribution in [2.45, 2.75) is 38.5 Å². The highest BCUT2D eigenvalue weighted by Crippen LogP contribution is 2.47. The standard InChI is InChI=1S/C27H29NO6/c1-5-34-27(31)24-15(2)28-20-12-18(16-9-10-22(32-3)23(14-16)33-4)13-21(30)26(20)25(24)17-7-6-8-19(29)11-17/h6-11,14,18,24-25,29H,5,12-13H2,1-4H3/t18-,24?,25+/m0/s1. The number of nitrogens with zero attached hydrogens (tertiary/aromatic N) is 1.